The van der Waals surface area contributed by atoms with Crippen LogP contribution < -0.4 is 0 Å². The van der Waals surface area contributed by atoms with Gasteiger partial charge in [0.25, 0.3) is 0 Å². The molecule has 0 saturated carbocycles. The number of hydrogen-bond acceptors (Lipinski definition) is 1. The van der Waals surface area contributed by atoms with Crippen LogP contribution in [0.15, 0.2) is 54.6 Å². The summed E-state index contributed by atoms with van der Waals surface area (Å²) in [6, 6.07) is 19.2. The zero-order valence-electron chi connectivity index (χ0n) is 12.3. The molecule has 0 fully saturated rings. The van der Waals surface area contributed by atoms with E-state index < -0.39 is 0 Å². The molecule has 1 heteroatoms. The lowest BCUT2D eigenvalue weighted by atomic mass is 10.0. The zero-order chi connectivity index (χ0) is 14.2. The predicted octanol–water partition coefficient (Wildman–Crippen LogP) is 4.84. The Kier molecular flexibility index (Phi) is 5.82. The van der Waals surface area contributed by atoms with Crippen LogP contribution in [0.4, 0.5) is 0 Å². The molecule has 0 spiro atoms. The topological polar surface area (TPSA) is 20.2 Å². The standard InChI is InChI=1S/C19H24O/c1-2-7-19(20)11-6-8-16-12-14-18(15-13-16)17-9-4-3-5-10-17/h3-5,9-10,12-15,19-20H,2,6-8,11H2,1H3. The molecule has 2 aromatic carbocycles. The number of aliphatic hydroxyl groups is 1. The highest BCUT2D eigenvalue weighted by atomic mass is 16.3. The fraction of sp³-hybridized carbons (Fsp3) is 0.368. The second-order valence-electron chi connectivity index (χ2n) is 5.40. The summed E-state index contributed by atoms with van der Waals surface area (Å²) < 4.78 is 0. The molecule has 1 N–H and O–H groups in total. The van der Waals surface area contributed by atoms with E-state index in [1.54, 1.807) is 0 Å². The molecule has 1 atom stereocenters. The number of aliphatic hydroxyl groups excluding tert-OH is 1. The molecule has 1 unspecified atom stereocenters. The molecule has 0 aromatic heterocycles. The average molecular weight is 268 g/mol. The lowest BCUT2D eigenvalue weighted by molar-refractivity contribution is 0.151. The first kappa shape index (κ1) is 14.8. The van der Waals surface area contributed by atoms with Gasteiger partial charge in [-0.2, -0.15) is 0 Å². The van der Waals surface area contributed by atoms with Crippen molar-refractivity contribution in [2.24, 2.45) is 0 Å². The van der Waals surface area contributed by atoms with Gasteiger partial charge in [-0.1, -0.05) is 67.9 Å². The minimum atomic E-state index is -0.122. The van der Waals surface area contributed by atoms with E-state index in [1.165, 1.54) is 16.7 Å². The van der Waals surface area contributed by atoms with Crippen molar-refractivity contribution in [3.8, 4) is 11.1 Å². The highest BCUT2D eigenvalue weighted by Gasteiger charge is 2.03. The monoisotopic (exact) mass is 268 g/mol. The van der Waals surface area contributed by atoms with Crippen molar-refractivity contribution in [1.82, 2.24) is 0 Å². The van der Waals surface area contributed by atoms with E-state index in [0.717, 1.165) is 32.1 Å². The van der Waals surface area contributed by atoms with Crippen LogP contribution in [0.2, 0.25) is 0 Å². The highest BCUT2D eigenvalue weighted by molar-refractivity contribution is 5.63. The van der Waals surface area contributed by atoms with Gasteiger partial charge in [-0.15, -0.1) is 0 Å². The maximum Gasteiger partial charge on any atom is 0.0540 e. The van der Waals surface area contributed by atoms with Crippen molar-refractivity contribution in [1.29, 1.82) is 0 Å². The SMILES string of the molecule is CCCC(O)CCCc1ccc(-c2ccccc2)cc1. The third-order valence-corrected chi connectivity index (χ3v) is 3.69. The van der Waals surface area contributed by atoms with Crippen molar-refractivity contribution >= 4 is 0 Å². The van der Waals surface area contributed by atoms with E-state index >= 15 is 0 Å². The molecule has 0 aliphatic heterocycles. The molecule has 0 amide bonds. The number of benzene rings is 2. The molecule has 2 rings (SSSR count). The van der Waals surface area contributed by atoms with Gasteiger partial charge in [0.1, 0.15) is 0 Å². The minimum absolute atomic E-state index is 0.122. The van der Waals surface area contributed by atoms with Gasteiger partial charge in [0.05, 0.1) is 6.10 Å². The second kappa shape index (κ2) is 7.86. The van der Waals surface area contributed by atoms with Crippen LogP contribution in [0, 0.1) is 0 Å². The number of rotatable bonds is 7. The fourth-order valence-corrected chi connectivity index (χ4v) is 2.51. The third kappa shape index (κ3) is 4.50. The molecule has 106 valence electrons. The van der Waals surface area contributed by atoms with Gasteiger partial charge in [0, 0.05) is 0 Å². The molecule has 20 heavy (non-hydrogen) atoms. The first-order valence-electron chi connectivity index (χ1n) is 7.62. The minimum Gasteiger partial charge on any atom is -0.393 e. The zero-order valence-corrected chi connectivity index (χ0v) is 12.3. The van der Waals surface area contributed by atoms with Crippen LogP contribution in [0.5, 0.6) is 0 Å². The molecule has 0 heterocycles. The van der Waals surface area contributed by atoms with Gasteiger partial charge in [0.2, 0.25) is 0 Å². The lowest BCUT2D eigenvalue weighted by Crippen LogP contribution is -2.05. The Morgan fingerprint density at radius 2 is 1.50 bits per heavy atom. The summed E-state index contributed by atoms with van der Waals surface area (Å²) in [5.74, 6) is 0. The van der Waals surface area contributed by atoms with Crippen molar-refractivity contribution in [3.63, 3.8) is 0 Å². The van der Waals surface area contributed by atoms with E-state index in [2.05, 4.69) is 55.5 Å². The Morgan fingerprint density at radius 3 is 2.15 bits per heavy atom. The summed E-state index contributed by atoms with van der Waals surface area (Å²) in [4.78, 5) is 0. The first-order chi connectivity index (χ1) is 9.79. The molecular weight excluding hydrogens is 244 g/mol. The van der Waals surface area contributed by atoms with Crippen LogP contribution in [-0.2, 0) is 6.42 Å². The largest absolute Gasteiger partial charge is 0.393 e. The molecule has 0 bridgehead atoms. The number of hydrogen-bond donors (Lipinski definition) is 1. The summed E-state index contributed by atoms with van der Waals surface area (Å²) in [6.07, 6.45) is 4.89. The molecule has 1 nitrogen and oxygen atoms in total. The van der Waals surface area contributed by atoms with Crippen LogP contribution >= 0.6 is 0 Å². The normalized spacial score (nSPS) is 12.3. The highest BCUT2D eigenvalue weighted by Crippen LogP contribution is 2.20. The van der Waals surface area contributed by atoms with Crippen LogP contribution in [0.1, 0.15) is 38.2 Å². The van der Waals surface area contributed by atoms with Gasteiger partial charge < -0.3 is 5.11 Å². The second-order valence-corrected chi connectivity index (χ2v) is 5.40. The van der Waals surface area contributed by atoms with E-state index in [9.17, 15) is 5.11 Å². The van der Waals surface area contributed by atoms with E-state index in [4.69, 9.17) is 0 Å². The summed E-state index contributed by atoms with van der Waals surface area (Å²) in [6.45, 7) is 2.12. The molecule has 0 saturated heterocycles. The summed E-state index contributed by atoms with van der Waals surface area (Å²) in [7, 11) is 0. The lowest BCUT2D eigenvalue weighted by Gasteiger charge is -2.09. The summed E-state index contributed by atoms with van der Waals surface area (Å²) >= 11 is 0. The van der Waals surface area contributed by atoms with Gasteiger partial charge in [-0.05, 0) is 42.4 Å². The molecule has 0 aliphatic carbocycles. The average Bonchev–Trinajstić information content (AvgIpc) is 2.49. The molecule has 2 aromatic rings. The predicted molar refractivity (Wildman–Crippen MR) is 85.7 cm³/mol. The fourth-order valence-electron chi connectivity index (χ4n) is 2.51. The Hall–Kier alpha value is -1.60. The van der Waals surface area contributed by atoms with Crippen molar-refractivity contribution in [2.45, 2.75) is 45.1 Å². The Bertz CT molecular complexity index is 487. The first-order valence-corrected chi connectivity index (χ1v) is 7.62. The smallest absolute Gasteiger partial charge is 0.0540 e. The third-order valence-electron chi connectivity index (χ3n) is 3.69. The van der Waals surface area contributed by atoms with Gasteiger partial charge >= 0.3 is 0 Å². The Morgan fingerprint density at radius 1 is 0.850 bits per heavy atom. The maximum absolute atomic E-state index is 9.72. The van der Waals surface area contributed by atoms with Crippen molar-refractivity contribution < 1.29 is 5.11 Å². The Balaban J connectivity index is 1.86. The van der Waals surface area contributed by atoms with Gasteiger partial charge in [-0.3, -0.25) is 0 Å². The Labute approximate surface area is 122 Å². The van der Waals surface area contributed by atoms with Gasteiger partial charge in [-0.25, -0.2) is 0 Å². The molecule has 0 aliphatic rings. The van der Waals surface area contributed by atoms with Crippen LogP contribution in [0.3, 0.4) is 0 Å². The van der Waals surface area contributed by atoms with Crippen molar-refractivity contribution in [2.75, 3.05) is 0 Å². The van der Waals surface area contributed by atoms with Gasteiger partial charge in [0.15, 0.2) is 0 Å². The van der Waals surface area contributed by atoms with E-state index in [0.29, 0.717) is 0 Å². The molecule has 0 radical (unpaired) electrons. The van der Waals surface area contributed by atoms with Crippen LogP contribution in [-0.4, -0.2) is 11.2 Å². The van der Waals surface area contributed by atoms with Crippen LogP contribution in [0.25, 0.3) is 11.1 Å². The summed E-state index contributed by atoms with van der Waals surface area (Å²) in [5.41, 5.74) is 3.88. The molecular formula is C19H24O. The van der Waals surface area contributed by atoms with E-state index in [-0.39, 0.29) is 6.10 Å². The number of aryl methyl sites for hydroxylation is 1. The van der Waals surface area contributed by atoms with E-state index in [1.807, 2.05) is 6.07 Å². The summed E-state index contributed by atoms with van der Waals surface area (Å²) in [5, 5.41) is 9.72. The quantitative estimate of drug-likeness (QED) is 0.762. The van der Waals surface area contributed by atoms with Crippen molar-refractivity contribution in [3.05, 3.63) is 60.2 Å². The maximum atomic E-state index is 9.72.